The maximum atomic E-state index is 14.0. The summed E-state index contributed by atoms with van der Waals surface area (Å²) in [4.78, 5) is 12.1. The highest BCUT2D eigenvalue weighted by Crippen LogP contribution is 2.31. The maximum Gasteiger partial charge on any atom is 0.220 e. The number of aromatic nitrogens is 3. The SMILES string of the molecule is C1CCOCC1.C1CCOCC1.CC(C)c1c(CN)cnc2ccc(-c3nc(N)ncc3F)cc12. The van der Waals surface area contributed by atoms with Gasteiger partial charge in [-0.3, -0.25) is 4.98 Å². The molecule has 2 saturated heterocycles. The number of anilines is 1. The van der Waals surface area contributed by atoms with Gasteiger partial charge in [0.1, 0.15) is 5.69 Å². The Morgan fingerprint density at radius 1 is 0.914 bits per heavy atom. The fourth-order valence-electron chi connectivity index (χ4n) is 4.20. The van der Waals surface area contributed by atoms with Gasteiger partial charge < -0.3 is 20.9 Å². The first kappa shape index (κ1) is 26.9. The van der Waals surface area contributed by atoms with E-state index in [4.69, 9.17) is 20.9 Å². The number of fused-ring (bicyclic) bond motifs is 1. The standard InChI is InChI=1S/C17H18FN5.2C5H10O/c1-9(2)15-11(6-19)7-21-14-4-3-10(5-12(14)15)16-13(18)8-22-17(20)23-16;2*1-2-4-6-5-3-1/h3-5,7-9H,6,19H2,1-2H3,(H2,20,22,23);2*1-5H2. The van der Waals surface area contributed by atoms with Crippen LogP contribution in [0.25, 0.3) is 22.2 Å². The highest BCUT2D eigenvalue weighted by atomic mass is 19.1. The van der Waals surface area contributed by atoms with E-state index in [0.717, 1.165) is 54.7 Å². The molecule has 2 fully saturated rings. The summed E-state index contributed by atoms with van der Waals surface area (Å²) in [6.45, 7) is 8.61. The molecule has 0 spiro atoms. The Morgan fingerprint density at radius 2 is 1.54 bits per heavy atom. The smallest absolute Gasteiger partial charge is 0.220 e. The molecule has 2 aliphatic heterocycles. The van der Waals surface area contributed by atoms with Crippen molar-refractivity contribution >= 4 is 16.9 Å². The molecular formula is C27H38FN5O2. The third kappa shape index (κ3) is 7.92. The van der Waals surface area contributed by atoms with Gasteiger partial charge in [-0.2, -0.15) is 0 Å². The molecule has 0 amide bonds. The van der Waals surface area contributed by atoms with Crippen LogP contribution in [-0.4, -0.2) is 41.4 Å². The lowest BCUT2D eigenvalue weighted by atomic mass is 9.93. The lowest BCUT2D eigenvalue weighted by molar-refractivity contribution is 0.0967. The number of hydrogen-bond donors (Lipinski definition) is 2. The molecule has 2 aromatic heterocycles. The number of rotatable bonds is 3. The first-order valence-corrected chi connectivity index (χ1v) is 12.6. The monoisotopic (exact) mass is 483 g/mol. The van der Waals surface area contributed by atoms with Gasteiger partial charge in [-0.25, -0.2) is 14.4 Å². The van der Waals surface area contributed by atoms with Gasteiger partial charge in [-0.15, -0.1) is 0 Å². The Hall–Kier alpha value is -2.68. The first-order chi connectivity index (χ1) is 17.0. The molecule has 1 aromatic carbocycles. The first-order valence-electron chi connectivity index (χ1n) is 12.6. The van der Waals surface area contributed by atoms with E-state index in [0.29, 0.717) is 12.1 Å². The zero-order valence-electron chi connectivity index (χ0n) is 20.9. The number of pyridine rings is 1. The molecular weight excluding hydrogens is 445 g/mol. The van der Waals surface area contributed by atoms with Gasteiger partial charge >= 0.3 is 0 Å². The predicted octanol–water partition coefficient (Wildman–Crippen LogP) is 5.37. The summed E-state index contributed by atoms with van der Waals surface area (Å²) in [6.07, 6.45) is 10.8. The molecule has 0 aliphatic carbocycles. The van der Waals surface area contributed by atoms with E-state index in [-0.39, 0.29) is 17.6 Å². The van der Waals surface area contributed by atoms with Gasteiger partial charge in [-0.05, 0) is 67.7 Å². The van der Waals surface area contributed by atoms with Crippen molar-refractivity contribution in [2.75, 3.05) is 32.2 Å². The van der Waals surface area contributed by atoms with Crippen molar-refractivity contribution < 1.29 is 13.9 Å². The Labute approximate surface area is 207 Å². The summed E-state index contributed by atoms with van der Waals surface area (Å²) in [5.74, 6) is -0.193. The van der Waals surface area contributed by atoms with E-state index in [1.54, 1.807) is 12.3 Å². The fourth-order valence-corrected chi connectivity index (χ4v) is 4.20. The summed E-state index contributed by atoms with van der Waals surface area (Å²) in [6, 6.07) is 5.53. The van der Waals surface area contributed by atoms with Crippen molar-refractivity contribution in [3.05, 3.63) is 47.5 Å². The van der Waals surface area contributed by atoms with E-state index in [1.807, 2.05) is 12.1 Å². The molecule has 190 valence electrons. The van der Waals surface area contributed by atoms with Crippen LogP contribution in [0.1, 0.15) is 69.4 Å². The van der Waals surface area contributed by atoms with Crippen molar-refractivity contribution in [1.29, 1.82) is 0 Å². The van der Waals surface area contributed by atoms with Crippen LogP contribution in [0.2, 0.25) is 0 Å². The molecule has 0 atom stereocenters. The Kier molecular flexibility index (Phi) is 10.8. The molecule has 4 N–H and O–H groups in total. The van der Waals surface area contributed by atoms with E-state index >= 15 is 0 Å². The van der Waals surface area contributed by atoms with Crippen LogP contribution in [0.3, 0.4) is 0 Å². The predicted molar refractivity (Wildman–Crippen MR) is 138 cm³/mol. The molecule has 0 unspecified atom stereocenters. The Morgan fingerprint density at radius 3 is 2.03 bits per heavy atom. The number of nitrogens with two attached hydrogens (primary N) is 2. The molecule has 8 heteroatoms. The van der Waals surface area contributed by atoms with Crippen molar-refractivity contribution in [1.82, 2.24) is 15.0 Å². The Bertz CT molecular complexity index is 1030. The van der Waals surface area contributed by atoms with Crippen LogP contribution in [0.5, 0.6) is 0 Å². The molecule has 0 radical (unpaired) electrons. The molecule has 3 aromatic rings. The van der Waals surface area contributed by atoms with Crippen LogP contribution in [-0.2, 0) is 16.0 Å². The summed E-state index contributed by atoms with van der Waals surface area (Å²) >= 11 is 0. The van der Waals surface area contributed by atoms with Gasteiger partial charge in [0.05, 0.1) is 11.7 Å². The van der Waals surface area contributed by atoms with Crippen molar-refractivity contribution in [3.8, 4) is 11.3 Å². The normalized spacial score (nSPS) is 15.7. The van der Waals surface area contributed by atoms with Crippen LogP contribution in [0.4, 0.5) is 10.3 Å². The van der Waals surface area contributed by atoms with Crippen LogP contribution in [0.15, 0.2) is 30.6 Å². The number of halogens is 1. The third-order valence-corrected chi connectivity index (χ3v) is 5.98. The number of nitrogen functional groups attached to an aromatic ring is 1. The van der Waals surface area contributed by atoms with Gasteiger partial charge in [0.25, 0.3) is 0 Å². The van der Waals surface area contributed by atoms with Crippen molar-refractivity contribution in [3.63, 3.8) is 0 Å². The van der Waals surface area contributed by atoms with E-state index in [1.165, 1.54) is 38.5 Å². The number of hydrogen-bond acceptors (Lipinski definition) is 7. The lowest BCUT2D eigenvalue weighted by Gasteiger charge is -2.15. The largest absolute Gasteiger partial charge is 0.381 e. The Balaban J connectivity index is 0.000000231. The number of nitrogens with zero attached hydrogens (tertiary/aromatic N) is 3. The zero-order valence-corrected chi connectivity index (χ0v) is 20.9. The van der Waals surface area contributed by atoms with Gasteiger partial charge in [0.15, 0.2) is 5.82 Å². The molecule has 0 saturated carbocycles. The number of ether oxygens (including phenoxy) is 2. The van der Waals surface area contributed by atoms with Gasteiger partial charge in [-0.1, -0.05) is 19.9 Å². The third-order valence-electron chi connectivity index (χ3n) is 5.98. The van der Waals surface area contributed by atoms with Crippen molar-refractivity contribution in [2.24, 2.45) is 5.73 Å². The minimum Gasteiger partial charge on any atom is -0.381 e. The second kappa shape index (κ2) is 14.0. The summed E-state index contributed by atoms with van der Waals surface area (Å²) in [5.41, 5.74) is 15.2. The van der Waals surface area contributed by atoms with Gasteiger partial charge in [0, 0.05) is 50.1 Å². The molecule has 7 nitrogen and oxygen atoms in total. The fraction of sp³-hybridized carbons (Fsp3) is 0.519. The maximum absolute atomic E-state index is 14.0. The highest BCUT2D eigenvalue weighted by Gasteiger charge is 2.14. The zero-order chi connectivity index (χ0) is 25.0. The lowest BCUT2D eigenvalue weighted by Crippen LogP contribution is -2.05. The quantitative estimate of drug-likeness (QED) is 0.515. The molecule has 5 rings (SSSR count). The summed E-state index contributed by atoms with van der Waals surface area (Å²) in [5, 5.41) is 0.956. The molecule has 2 aliphatic rings. The average molecular weight is 484 g/mol. The van der Waals surface area contributed by atoms with Crippen molar-refractivity contribution in [2.45, 2.75) is 64.8 Å². The highest BCUT2D eigenvalue weighted by molar-refractivity contribution is 5.88. The van der Waals surface area contributed by atoms with Gasteiger partial charge in [0.2, 0.25) is 5.95 Å². The summed E-state index contributed by atoms with van der Waals surface area (Å²) < 4.78 is 24.2. The number of benzene rings is 1. The summed E-state index contributed by atoms with van der Waals surface area (Å²) in [7, 11) is 0. The second-order valence-corrected chi connectivity index (χ2v) is 9.06. The van der Waals surface area contributed by atoms with Crippen LogP contribution in [0, 0.1) is 5.82 Å². The van der Waals surface area contributed by atoms with E-state index < -0.39 is 5.82 Å². The molecule has 4 heterocycles. The average Bonchev–Trinajstić information content (AvgIpc) is 2.91. The van der Waals surface area contributed by atoms with E-state index in [2.05, 4.69) is 28.8 Å². The van der Waals surface area contributed by atoms with E-state index in [9.17, 15) is 4.39 Å². The molecule has 35 heavy (non-hydrogen) atoms. The van der Waals surface area contributed by atoms with Crippen LogP contribution < -0.4 is 11.5 Å². The second-order valence-electron chi connectivity index (χ2n) is 9.06. The minimum absolute atomic E-state index is 0.0411. The minimum atomic E-state index is -0.507. The topological polar surface area (TPSA) is 109 Å². The molecule has 0 bridgehead atoms. The van der Waals surface area contributed by atoms with Crippen LogP contribution >= 0.6 is 0 Å².